The Labute approximate surface area is 144 Å². The summed E-state index contributed by atoms with van der Waals surface area (Å²) in [5.41, 5.74) is 2.05. The molecule has 0 aliphatic heterocycles. The molecular formula is C16H23N3O2S2. The minimum absolute atomic E-state index is 0.0861. The number of aryl methyl sites for hydroxylation is 1. The van der Waals surface area contributed by atoms with Crippen LogP contribution in [0.3, 0.4) is 0 Å². The number of carbonyl (C=O) groups is 1. The Morgan fingerprint density at radius 2 is 2.09 bits per heavy atom. The third-order valence-electron chi connectivity index (χ3n) is 3.95. The molecule has 0 bridgehead atoms. The van der Waals surface area contributed by atoms with Gasteiger partial charge >= 0.3 is 4.87 Å². The van der Waals surface area contributed by atoms with Gasteiger partial charge in [-0.1, -0.05) is 25.2 Å². The Bertz CT molecular complexity index is 672. The Hall–Kier alpha value is -1.44. The summed E-state index contributed by atoms with van der Waals surface area (Å²) in [4.78, 5) is 26.1. The molecule has 0 radical (unpaired) electrons. The maximum Gasteiger partial charge on any atom is 0.307 e. The molecule has 2 heterocycles. The summed E-state index contributed by atoms with van der Waals surface area (Å²) in [6, 6.07) is 2.27. The molecule has 0 aliphatic carbocycles. The molecule has 7 heteroatoms. The van der Waals surface area contributed by atoms with Crippen molar-refractivity contribution in [2.45, 2.75) is 33.4 Å². The molecule has 0 aliphatic rings. The largest absolute Gasteiger partial charge is 0.353 e. The molecule has 23 heavy (non-hydrogen) atoms. The summed E-state index contributed by atoms with van der Waals surface area (Å²) >= 11 is 2.79. The number of hydrogen-bond donors (Lipinski definition) is 1. The molecule has 2 aromatic rings. The fraction of sp³-hybridized carbons (Fsp3) is 0.500. The van der Waals surface area contributed by atoms with Crippen molar-refractivity contribution in [3.63, 3.8) is 0 Å². The van der Waals surface area contributed by atoms with E-state index in [1.807, 2.05) is 6.92 Å². The van der Waals surface area contributed by atoms with Crippen LogP contribution < -0.4 is 10.2 Å². The van der Waals surface area contributed by atoms with Crippen molar-refractivity contribution in [3.05, 3.63) is 43.1 Å². The minimum Gasteiger partial charge on any atom is -0.353 e. The summed E-state index contributed by atoms with van der Waals surface area (Å²) in [5.74, 6) is -0.124. The van der Waals surface area contributed by atoms with Gasteiger partial charge in [-0.25, -0.2) is 0 Å². The first-order valence-electron chi connectivity index (χ1n) is 7.74. The van der Waals surface area contributed by atoms with Gasteiger partial charge in [-0.15, -0.1) is 0 Å². The molecule has 2 rings (SSSR count). The van der Waals surface area contributed by atoms with Gasteiger partial charge in [0, 0.05) is 17.6 Å². The number of likely N-dealkylation sites (N-methyl/N-ethyl adjacent to an activating group) is 1. The van der Waals surface area contributed by atoms with Gasteiger partial charge in [0.1, 0.15) is 6.54 Å². The van der Waals surface area contributed by atoms with Crippen LogP contribution in [0.25, 0.3) is 0 Å². The second kappa shape index (κ2) is 8.42. The van der Waals surface area contributed by atoms with Gasteiger partial charge < -0.3 is 5.32 Å². The van der Waals surface area contributed by atoms with E-state index >= 15 is 0 Å². The topological polar surface area (TPSA) is 54.3 Å². The van der Waals surface area contributed by atoms with Crippen LogP contribution in [-0.4, -0.2) is 35.0 Å². The average Bonchev–Trinajstić information content (AvgIpc) is 3.17. The molecule has 0 fully saturated rings. The summed E-state index contributed by atoms with van der Waals surface area (Å²) < 4.78 is 1.51. The zero-order valence-corrected chi connectivity index (χ0v) is 15.4. The number of amides is 1. The van der Waals surface area contributed by atoms with Crippen molar-refractivity contribution in [2.24, 2.45) is 0 Å². The van der Waals surface area contributed by atoms with Gasteiger partial charge in [0.25, 0.3) is 0 Å². The van der Waals surface area contributed by atoms with Crippen LogP contribution >= 0.6 is 22.7 Å². The van der Waals surface area contributed by atoms with Gasteiger partial charge in [-0.3, -0.25) is 19.1 Å². The first-order valence-corrected chi connectivity index (χ1v) is 9.56. The summed E-state index contributed by atoms with van der Waals surface area (Å²) in [7, 11) is 0. The third-order valence-corrected chi connectivity index (χ3v) is 5.53. The maximum absolute atomic E-state index is 12.2. The quantitative estimate of drug-likeness (QED) is 0.793. The monoisotopic (exact) mass is 353 g/mol. The first-order chi connectivity index (χ1) is 11.1. The van der Waals surface area contributed by atoms with E-state index in [1.54, 1.807) is 16.7 Å². The summed E-state index contributed by atoms with van der Waals surface area (Å²) in [6.07, 6.45) is 0. The number of thiazole rings is 1. The number of thiophene rings is 1. The van der Waals surface area contributed by atoms with Crippen LogP contribution in [0.5, 0.6) is 0 Å². The predicted molar refractivity (Wildman–Crippen MR) is 96.3 cm³/mol. The van der Waals surface area contributed by atoms with Crippen LogP contribution in [0.4, 0.5) is 0 Å². The maximum atomic E-state index is 12.2. The Kier molecular flexibility index (Phi) is 6.56. The van der Waals surface area contributed by atoms with Crippen molar-refractivity contribution in [2.75, 3.05) is 19.6 Å². The van der Waals surface area contributed by atoms with Crippen LogP contribution in [0, 0.1) is 6.92 Å². The van der Waals surface area contributed by atoms with E-state index in [-0.39, 0.29) is 23.4 Å². The fourth-order valence-corrected chi connectivity index (χ4v) is 4.03. The van der Waals surface area contributed by atoms with Crippen molar-refractivity contribution in [3.8, 4) is 0 Å². The van der Waals surface area contributed by atoms with Crippen molar-refractivity contribution >= 4 is 28.6 Å². The highest BCUT2D eigenvalue weighted by Crippen LogP contribution is 2.22. The molecule has 1 amide bonds. The highest BCUT2D eigenvalue weighted by molar-refractivity contribution is 7.08. The predicted octanol–water partition coefficient (Wildman–Crippen LogP) is 2.48. The van der Waals surface area contributed by atoms with E-state index in [0.717, 1.165) is 30.1 Å². The minimum atomic E-state index is -0.124. The van der Waals surface area contributed by atoms with E-state index in [9.17, 15) is 9.59 Å². The second-order valence-electron chi connectivity index (χ2n) is 5.33. The number of nitrogens with zero attached hydrogens (tertiary/aromatic N) is 2. The standard InChI is InChI=1S/C16H23N3O2S2/c1-4-18(5-2)14(13-6-7-22-11-13)8-17-15(20)9-19-12(3)10-23-16(19)21/h6-7,10-11,14H,4-5,8-9H2,1-3H3,(H,17,20). The van der Waals surface area contributed by atoms with E-state index in [1.165, 1.54) is 10.1 Å². The molecule has 5 nitrogen and oxygen atoms in total. The number of carbonyl (C=O) groups excluding carboxylic acids is 1. The molecule has 0 spiro atoms. The van der Waals surface area contributed by atoms with E-state index < -0.39 is 0 Å². The lowest BCUT2D eigenvalue weighted by Crippen LogP contribution is -2.39. The van der Waals surface area contributed by atoms with Crippen LogP contribution in [0.15, 0.2) is 27.0 Å². The Balaban J connectivity index is 2.01. The smallest absolute Gasteiger partial charge is 0.307 e. The first kappa shape index (κ1) is 17.9. The summed E-state index contributed by atoms with van der Waals surface area (Å²) in [5, 5.41) is 8.94. The van der Waals surface area contributed by atoms with Gasteiger partial charge in [-0.05, 0) is 42.4 Å². The van der Waals surface area contributed by atoms with Crippen molar-refractivity contribution < 1.29 is 4.79 Å². The van der Waals surface area contributed by atoms with Crippen LogP contribution in [0.2, 0.25) is 0 Å². The van der Waals surface area contributed by atoms with Gasteiger partial charge in [0.2, 0.25) is 5.91 Å². The zero-order valence-electron chi connectivity index (χ0n) is 13.7. The zero-order chi connectivity index (χ0) is 16.8. The molecule has 1 atom stereocenters. The second-order valence-corrected chi connectivity index (χ2v) is 6.93. The lowest BCUT2D eigenvalue weighted by molar-refractivity contribution is -0.122. The Morgan fingerprint density at radius 1 is 1.35 bits per heavy atom. The number of nitrogens with one attached hydrogen (secondary N) is 1. The number of hydrogen-bond acceptors (Lipinski definition) is 5. The fourth-order valence-electron chi connectivity index (χ4n) is 2.59. The number of aromatic nitrogens is 1. The average molecular weight is 354 g/mol. The van der Waals surface area contributed by atoms with Crippen molar-refractivity contribution in [1.29, 1.82) is 0 Å². The number of rotatable bonds is 8. The van der Waals surface area contributed by atoms with Crippen LogP contribution in [-0.2, 0) is 11.3 Å². The molecule has 2 aromatic heterocycles. The van der Waals surface area contributed by atoms with Gasteiger partial charge in [-0.2, -0.15) is 11.3 Å². The molecule has 1 N–H and O–H groups in total. The van der Waals surface area contributed by atoms with Crippen molar-refractivity contribution in [1.82, 2.24) is 14.8 Å². The highest BCUT2D eigenvalue weighted by Gasteiger charge is 2.19. The molecule has 1 unspecified atom stereocenters. The normalized spacial score (nSPS) is 12.5. The molecule has 0 aromatic carbocycles. The third kappa shape index (κ3) is 4.53. The van der Waals surface area contributed by atoms with E-state index in [4.69, 9.17) is 0 Å². The SMILES string of the molecule is CCN(CC)C(CNC(=O)Cn1c(C)csc1=O)c1ccsc1. The molecule has 0 saturated heterocycles. The lowest BCUT2D eigenvalue weighted by atomic mass is 10.1. The van der Waals surface area contributed by atoms with Gasteiger partial charge in [0.15, 0.2) is 0 Å². The molecular weight excluding hydrogens is 330 g/mol. The molecule has 126 valence electrons. The van der Waals surface area contributed by atoms with E-state index in [2.05, 4.69) is 40.9 Å². The molecule has 0 saturated carbocycles. The van der Waals surface area contributed by atoms with Gasteiger partial charge in [0.05, 0.1) is 6.04 Å². The highest BCUT2D eigenvalue weighted by atomic mass is 32.1. The lowest BCUT2D eigenvalue weighted by Gasteiger charge is -2.29. The van der Waals surface area contributed by atoms with Crippen LogP contribution in [0.1, 0.15) is 31.1 Å². The van der Waals surface area contributed by atoms with E-state index in [0.29, 0.717) is 6.54 Å². The Morgan fingerprint density at radius 3 is 2.61 bits per heavy atom. The summed E-state index contributed by atoms with van der Waals surface area (Å²) in [6.45, 7) is 8.58.